The zero-order valence-electron chi connectivity index (χ0n) is 13.1. The van der Waals surface area contributed by atoms with E-state index < -0.39 is 0 Å². The smallest absolute Gasteiger partial charge is 0.0951 e. The molecule has 0 spiro atoms. The normalized spacial score (nSPS) is 16.5. The molecule has 3 heterocycles. The lowest BCUT2D eigenvalue weighted by Crippen LogP contribution is -2.28. The van der Waals surface area contributed by atoms with Gasteiger partial charge in [-0.1, -0.05) is 18.2 Å². The van der Waals surface area contributed by atoms with E-state index in [1.165, 1.54) is 11.8 Å². The Hall–Kier alpha value is -2.24. The van der Waals surface area contributed by atoms with Crippen molar-refractivity contribution < 1.29 is 0 Å². The summed E-state index contributed by atoms with van der Waals surface area (Å²) in [4.78, 5) is 5.73. The Labute approximate surface area is 135 Å². The van der Waals surface area contributed by atoms with Gasteiger partial charge in [-0.05, 0) is 37.7 Å². The van der Waals surface area contributed by atoms with Crippen LogP contribution in [0, 0.1) is 0 Å². The second kappa shape index (κ2) is 6.48. The molecule has 1 saturated heterocycles. The molecular formula is C18H21N5. The molecule has 0 radical (unpaired) electrons. The maximum Gasteiger partial charge on any atom is 0.0951 e. The minimum Gasteiger partial charge on any atom is -0.360 e. The van der Waals surface area contributed by atoms with Gasteiger partial charge in [-0.3, -0.25) is 4.90 Å². The molecule has 0 bridgehead atoms. The number of H-pyrrole nitrogens is 1. The predicted octanol–water partition coefficient (Wildman–Crippen LogP) is 2.42. The monoisotopic (exact) mass is 307 g/mol. The molecule has 1 fully saturated rings. The minimum atomic E-state index is 0.878. The summed E-state index contributed by atoms with van der Waals surface area (Å²) in [5.41, 5.74) is 4.20. The number of para-hydroxylation sites is 1. The van der Waals surface area contributed by atoms with E-state index in [0.29, 0.717) is 0 Å². The summed E-state index contributed by atoms with van der Waals surface area (Å²) < 4.78 is 0. The van der Waals surface area contributed by atoms with Crippen molar-refractivity contribution in [1.29, 1.82) is 0 Å². The molecule has 3 aromatic rings. The lowest BCUT2D eigenvalue weighted by molar-refractivity contribution is 0.280. The summed E-state index contributed by atoms with van der Waals surface area (Å²) in [6.45, 7) is 5.25. The number of nitrogens with zero attached hydrogens (tertiary/aromatic N) is 3. The van der Waals surface area contributed by atoms with E-state index in [9.17, 15) is 0 Å². The van der Waals surface area contributed by atoms with Crippen molar-refractivity contribution in [3.8, 4) is 11.3 Å². The zero-order valence-corrected chi connectivity index (χ0v) is 13.1. The lowest BCUT2D eigenvalue weighted by atomic mass is 10.1. The first-order valence-corrected chi connectivity index (χ1v) is 8.22. The van der Waals surface area contributed by atoms with Crippen LogP contribution >= 0.6 is 0 Å². The van der Waals surface area contributed by atoms with Crippen molar-refractivity contribution in [2.75, 3.05) is 26.2 Å². The van der Waals surface area contributed by atoms with Gasteiger partial charge in [-0.25, -0.2) is 0 Å². The fraction of sp³-hybridized carbons (Fsp3) is 0.333. The number of rotatable bonds is 3. The second-order valence-electron chi connectivity index (χ2n) is 6.04. The molecule has 5 nitrogen and oxygen atoms in total. The average molecular weight is 307 g/mol. The van der Waals surface area contributed by atoms with Gasteiger partial charge in [0.15, 0.2) is 0 Å². The number of hydrogen-bond donors (Lipinski definition) is 2. The summed E-state index contributed by atoms with van der Waals surface area (Å²) in [5.74, 6) is 0. The summed E-state index contributed by atoms with van der Waals surface area (Å²) in [7, 11) is 0. The van der Waals surface area contributed by atoms with Crippen molar-refractivity contribution in [2.45, 2.75) is 13.0 Å². The number of aromatic nitrogens is 3. The molecular weight excluding hydrogens is 286 g/mol. The molecule has 0 amide bonds. The Kier molecular flexibility index (Phi) is 4.05. The Morgan fingerprint density at radius 3 is 2.87 bits per heavy atom. The molecule has 0 atom stereocenters. The molecule has 0 saturated carbocycles. The zero-order chi connectivity index (χ0) is 15.5. The number of benzene rings is 1. The summed E-state index contributed by atoms with van der Waals surface area (Å²) in [6.07, 6.45) is 3.20. The van der Waals surface area contributed by atoms with Crippen LogP contribution in [0.4, 0.5) is 0 Å². The van der Waals surface area contributed by atoms with E-state index in [1.807, 2.05) is 12.3 Å². The van der Waals surface area contributed by atoms with Gasteiger partial charge in [-0.15, -0.1) is 0 Å². The SMILES string of the molecule is c1ccc2c(-c3ccc(CN4CCCNCC4)nn3)c[nH]c2c1. The van der Waals surface area contributed by atoms with E-state index in [-0.39, 0.29) is 0 Å². The lowest BCUT2D eigenvalue weighted by Gasteiger charge is -2.18. The van der Waals surface area contributed by atoms with Crippen molar-refractivity contribution in [2.24, 2.45) is 0 Å². The Bertz CT molecular complexity index is 769. The molecule has 1 aromatic carbocycles. The molecule has 1 aliphatic rings. The Morgan fingerprint density at radius 2 is 1.96 bits per heavy atom. The molecule has 2 aromatic heterocycles. The molecule has 23 heavy (non-hydrogen) atoms. The first-order chi connectivity index (χ1) is 11.4. The van der Waals surface area contributed by atoms with E-state index in [1.54, 1.807) is 0 Å². The van der Waals surface area contributed by atoms with Crippen LogP contribution in [0.1, 0.15) is 12.1 Å². The second-order valence-corrected chi connectivity index (χ2v) is 6.04. The highest BCUT2D eigenvalue weighted by Gasteiger charge is 2.11. The number of aromatic amines is 1. The average Bonchev–Trinajstić information content (AvgIpc) is 2.86. The van der Waals surface area contributed by atoms with Gasteiger partial charge in [0.05, 0.1) is 11.4 Å². The van der Waals surface area contributed by atoms with Crippen LogP contribution in [0.25, 0.3) is 22.2 Å². The topological polar surface area (TPSA) is 56.8 Å². The molecule has 4 rings (SSSR count). The fourth-order valence-electron chi connectivity index (χ4n) is 3.16. The first kappa shape index (κ1) is 14.4. The van der Waals surface area contributed by atoms with Crippen LogP contribution in [0.15, 0.2) is 42.6 Å². The standard InChI is InChI=1S/C18H21N5/c1-2-5-17-15(4-1)16(12-20-17)18-7-6-14(21-22-18)13-23-10-3-8-19-9-11-23/h1-2,4-7,12,19-20H,3,8-11,13H2. The summed E-state index contributed by atoms with van der Waals surface area (Å²) >= 11 is 0. The van der Waals surface area contributed by atoms with Crippen LogP contribution in [0.5, 0.6) is 0 Å². The number of hydrogen-bond acceptors (Lipinski definition) is 4. The number of nitrogens with one attached hydrogen (secondary N) is 2. The highest BCUT2D eigenvalue weighted by molar-refractivity contribution is 5.94. The Morgan fingerprint density at radius 1 is 1.00 bits per heavy atom. The third-order valence-electron chi connectivity index (χ3n) is 4.40. The van der Waals surface area contributed by atoms with Gasteiger partial charge < -0.3 is 10.3 Å². The first-order valence-electron chi connectivity index (χ1n) is 8.22. The molecule has 118 valence electrons. The van der Waals surface area contributed by atoms with Crippen LogP contribution in [-0.2, 0) is 6.54 Å². The Balaban J connectivity index is 1.53. The minimum absolute atomic E-state index is 0.878. The summed E-state index contributed by atoms with van der Waals surface area (Å²) in [5, 5.41) is 13.5. The molecule has 0 unspecified atom stereocenters. The third kappa shape index (κ3) is 3.11. The van der Waals surface area contributed by atoms with Crippen molar-refractivity contribution in [3.05, 3.63) is 48.3 Å². The van der Waals surface area contributed by atoms with E-state index >= 15 is 0 Å². The third-order valence-corrected chi connectivity index (χ3v) is 4.40. The van der Waals surface area contributed by atoms with Gasteiger partial charge in [0.25, 0.3) is 0 Å². The maximum absolute atomic E-state index is 4.45. The van der Waals surface area contributed by atoms with Crippen molar-refractivity contribution in [1.82, 2.24) is 25.4 Å². The molecule has 0 aliphatic carbocycles. The highest BCUT2D eigenvalue weighted by atomic mass is 15.2. The van der Waals surface area contributed by atoms with Crippen LogP contribution in [0.3, 0.4) is 0 Å². The molecule has 2 N–H and O–H groups in total. The van der Waals surface area contributed by atoms with Crippen molar-refractivity contribution >= 4 is 10.9 Å². The quantitative estimate of drug-likeness (QED) is 0.780. The summed E-state index contributed by atoms with van der Waals surface area (Å²) in [6, 6.07) is 12.5. The van der Waals surface area contributed by atoms with Crippen molar-refractivity contribution in [3.63, 3.8) is 0 Å². The number of fused-ring (bicyclic) bond motifs is 1. The molecule has 1 aliphatic heterocycles. The van der Waals surface area contributed by atoms with E-state index in [2.05, 4.69) is 55.7 Å². The fourth-order valence-corrected chi connectivity index (χ4v) is 3.16. The molecule has 5 heteroatoms. The van der Waals surface area contributed by atoms with Gasteiger partial charge in [0, 0.05) is 42.3 Å². The van der Waals surface area contributed by atoms with E-state index in [4.69, 9.17) is 0 Å². The van der Waals surface area contributed by atoms with Gasteiger partial charge >= 0.3 is 0 Å². The van der Waals surface area contributed by atoms with Crippen LogP contribution < -0.4 is 5.32 Å². The highest BCUT2D eigenvalue weighted by Crippen LogP contribution is 2.26. The van der Waals surface area contributed by atoms with E-state index in [0.717, 1.165) is 55.2 Å². The maximum atomic E-state index is 4.45. The predicted molar refractivity (Wildman–Crippen MR) is 92.1 cm³/mol. The van der Waals surface area contributed by atoms with Crippen LogP contribution in [-0.4, -0.2) is 46.3 Å². The van der Waals surface area contributed by atoms with Gasteiger partial charge in [-0.2, -0.15) is 10.2 Å². The van der Waals surface area contributed by atoms with Crippen LogP contribution in [0.2, 0.25) is 0 Å². The van der Waals surface area contributed by atoms with Gasteiger partial charge in [0.1, 0.15) is 0 Å². The largest absolute Gasteiger partial charge is 0.360 e. The van der Waals surface area contributed by atoms with Gasteiger partial charge in [0.2, 0.25) is 0 Å².